The zero-order valence-electron chi connectivity index (χ0n) is 16.9. The molecule has 0 spiro atoms. The molecular weight excluding hydrogens is 398 g/mol. The summed E-state index contributed by atoms with van der Waals surface area (Å²) in [5, 5.41) is 4.26. The number of pyridine rings is 2. The third-order valence-corrected chi connectivity index (χ3v) is 4.36. The maximum Gasteiger partial charge on any atom is 0.377 e. The quantitative estimate of drug-likeness (QED) is 0.423. The highest BCUT2D eigenvalue weighted by molar-refractivity contribution is 5.85. The van der Waals surface area contributed by atoms with Crippen molar-refractivity contribution in [1.82, 2.24) is 24.7 Å². The molecule has 4 aromatic rings. The minimum Gasteiger partial charge on any atom is -0.487 e. The lowest BCUT2D eigenvalue weighted by molar-refractivity contribution is 0.0587. The van der Waals surface area contributed by atoms with Gasteiger partial charge in [-0.15, -0.1) is 5.10 Å². The Morgan fingerprint density at radius 3 is 2.45 bits per heavy atom. The highest BCUT2D eigenvalue weighted by Crippen LogP contribution is 2.22. The summed E-state index contributed by atoms with van der Waals surface area (Å²) in [4.78, 5) is 24.9. The second-order valence-corrected chi connectivity index (χ2v) is 6.37. The molecule has 0 saturated carbocycles. The topological polar surface area (TPSA) is 101 Å². The SMILES string of the molecule is COC(=O)c1nc(-c2ccc(OCc3ccccc3)cn2)n(-c2ccc(OC)nc2)n1. The van der Waals surface area contributed by atoms with Gasteiger partial charge in [0.05, 0.1) is 32.3 Å². The van der Waals surface area contributed by atoms with Gasteiger partial charge in [-0.25, -0.2) is 19.4 Å². The second-order valence-electron chi connectivity index (χ2n) is 6.37. The molecule has 3 heterocycles. The summed E-state index contributed by atoms with van der Waals surface area (Å²) >= 11 is 0. The first-order chi connectivity index (χ1) is 15.2. The van der Waals surface area contributed by atoms with Crippen LogP contribution in [0.3, 0.4) is 0 Å². The normalized spacial score (nSPS) is 10.5. The number of aromatic nitrogens is 5. The maximum absolute atomic E-state index is 12.0. The van der Waals surface area contributed by atoms with Gasteiger partial charge in [-0.2, -0.15) is 4.98 Å². The largest absolute Gasteiger partial charge is 0.487 e. The van der Waals surface area contributed by atoms with Crippen LogP contribution in [-0.2, 0) is 11.3 Å². The van der Waals surface area contributed by atoms with Crippen LogP contribution >= 0.6 is 0 Å². The molecule has 1 aromatic carbocycles. The van der Waals surface area contributed by atoms with Crippen LogP contribution in [0.25, 0.3) is 17.2 Å². The molecule has 0 saturated heterocycles. The fraction of sp³-hybridized carbons (Fsp3) is 0.136. The molecule has 0 atom stereocenters. The Hall–Kier alpha value is -4.27. The number of esters is 1. The highest BCUT2D eigenvalue weighted by Gasteiger charge is 2.20. The van der Waals surface area contributed by atoms with Gasteiger partial charge in [-0.1, -0.05) is 30.3 Å². The van der Waals surface area contributed by atoms with E-state index in [1.165, 1.54) is 18.9 Å². The molecule has 31 heavy (non-hydrogen) atoms. The summed E-state index contributed by atoms with van der Waals surface area (Å²) in [6.45, 7) is 0.433. The molecule has 0 radical (unpaired) electrons. The molecule has 9 nitrogen and oxygen atoms in total. The Labute approximate surface area is 178 Å². The number of hydrogen-bond acceptors (Lipinski definition) is 8. The lowest BCUT2D eigenvalue weighted by Gasteiger charge is -2.08. The van der Waals surface area contributed by atoms with E-state index in [4.69, 9.17) is 14.2 Å². The van der Waals surface area contributed by atoms with E-state index >= 15 is 0 Å². The molecule has 0 N–H and O–H groups in total. The number of nitrogens with zero attached hydrogens (tertiary/aromatic N) is 5. The number of carbonyl (C=O) groups is 1. The molecule has 0 fully saturated rings. The van der Waals surface area contributed by atoms with Crippen LogP contribution in [0.4, 0.5) is 0 Å². The van der Waals surface area contributed by atoms with Gasteiger partial charge in [0.15, 0.2) is 5.82 Å². The average molecular weight is 417 g/mol. The van der Waals surface area contributed by atoms with E-state index in [0.29, 0.717) is 35.4 Å². The van der Waals surface area contributed by atoms with Crippen LogP contribution < -0.4 is 9.47 Å². The van der Waals surface area contributed by atoms with Gasteiger partial charge >= 0.3 is 5.97 Å². The summed E-state index contributed by atoms with van der Waals surface area (Å²) in [6.07, 6.45) is 3.16. The molecule has 156 valence electrons. The number of hydrogen-bond donors (Lipinski definition) is 0. The van der Waals surface area contributed by atoms with E-state index in [0.717, 1.165) is 5.56 Å². The fourth-order valence-electron chi connectivity index (χ4n) is 2.79. The smallest absolute Gasteiger partial charge is 0.377 e. The van der Waals surface area contributed by atoms with E-state index in [1.807, 2.05) is 30.3 Å². The van der Waals surface area contributed by atoms with Crippen LogP contribution in [-0.4, -0.2) is 44.9 Å². The Morgan fingerprint density at radius 1 is 0.968 bits per heavy atom. The predicted molar refractivity (Wildman–Crippen MR) is 111 cm³/mol. The van der Waals surface area contributed by atoms with Crippen LogP contribution in [0.1, 0.15) is 16.2 Å². The van der Waals surface area contributed by atoms with Crippen molar-refractivity contribution < 1.29 is 19.0 Å². The average Bonchev–Trinajstić information content (AvgIpc) is 3.29. The number of ether oxygens (including phenoxy) is 3. The Bertz CT molecular complexity index is 1160. The van der Waals surface area contributed by atoms with E-state index in [-0.39, 0.29) is 5.82 Å². The first kappa shape index (κ1) is 20.0. The van der Waals surface area contributed by atoms with Crippen LogP contribution in [0, 0.1) is 0 Å². The molecule has 0 aliphatic rings. The van der Waals surface area contributed by atoms with Crippen LogP contribution in [0.15, 0.2) is 67.0 Å². The van der Waals surface area contributed by atoms with Gasteiger partial charge in [-0.05, 0) is 23.8 Å². The van der Waals surface area contributed by atoms with Gasteiger partial charge in [0, 0.05) is 6.07 Å². The molecule has 0 unspecified atom stereocenters. The molecule has 0 amide bonds. The van der Waals surface area contributed by atoms with Crippen molar-refractivity contribution in [2.45, 2.75) is 6.61 Å². The summed E-state index contributed by atoms with van der Waals surface area (Å²) in [5.74, 6) is 0.695. The molecule has 4 rings (SSSR count). The van der Waals surface area contributed by atoms with E-state index < -0.39 is 5.97 Å². The molecule has 9 heteroatoms. The highest BCUT2D eigenvalue weighted by atomic mass is 16.5. The van der Waals surface area contributed by atoms with Crippen molar-refractivity contribution in [3.8, 4) is 28.8 Å². The van der Waals surface area contributed by atoms with Crippen molar-refractivity contribution in [3.05, 3.63) is 78.4 Å². The van der Waals surface area contributed by atoms with E-state index in [2.05, 4.69) is 20.1 Å². The molecule has 0 bridgehead atoms. The maximum atomic E-state index is 12.0. The van der Waals surface area contributed by atoms with Crippen molar-refractivity contribution in [1.29, 1.82) is 0 Å². The zero-order valence-corrected chi connectivity index (χ0v) is 16.9. The third-order valence-electron chi connectivity index (χ3n) is 4.36. The van der Waals surface area contributed by atoms with Gasteiger partial charge < -0.3 is 14.2 Å². The number of carbonyl (C=O) groups excluding carboxylic acids is 1. The van der Waals surface area contributed by atoms with Gasteiger partial charge in [0.1, 0.15) is 18.1 Å². The molecule has 0 aliphatic heterocycles. The minimum absolute atomic E-state index is 0.0838. The zero-order chi connectivity index (χ0) is 21.6. The predicted octanol–water partition coefficient (Wildman–Crippen LogP) is 3.10. The standard InChI is InChI=1S/C22H19N5O4/c1-29-19-11-8-16(12-24-19)27-21(25-20(26-27)22(28)30-2)18-10-9-17(13-23-18)31-14-15-6-4-3-5-7-15/h3-13H,14H2,1-2H3. The summed E-state index contributed by atoms with van der Waals surface area (Å²) < 4.78 is 17.1. The van der Waals surface area contributed by atoms with E-state index in [9.17, 15) is 4.79 Å². The summed E-state index contributed by atoms with van der Waals surface area (Å²) in [6, 6.07) is 16.8. The molecular formula is C22H19N5O4. The lowest BCUT2D eigenvalue weighted by atomic mass is 10.2. The lowest BCUT2D eigenvalue weighted by Crippen LogP contribution is -2.05. The van der Waals surface area contributed by atoms with Crippen molar-refractivity contribution in [2.24, 2.45) is 0 Å². The monoisotopic (exact) mass is 417 g/mol. The van der Waals surface area contributed by atoms with Crippen LogP contribution in [0.5, 0.6) is 11.6 Å². The first-order valence-electron chi connectivity index (χ1n) is 9.37. The van der Waals surface area contributed by atoms with Crippen molar-refractivity contribution in [3.63, 3.8) is 0 Å². The minimum atomic E-state index is -0.649. The fourth-order valence-corrected chi connectivity index (χ4v) is 2.79. The van der Waals surface area contributed by atoms with Gasteiger partial charge in [-0.3, -0.25) is 0 Å². The molecule has 3 aromatic heterocycles. The third kappa shape index (κ3) is 4.50. The number of methoxy groups -OCH3 is 2. The van der Waals surface area contributed by atoms with E-state index in [1.54, 1.807) is 36.7 Å². The summed E-state index contributed by atoms with van der Waals surface area (Å²) in [5.41, 5.74) is 2.15. The molecule has 0 aliphatic carbocycles. The Morgan fingerprint density at radius 2 is 1.81 bits per heavy atom. The summed E-state index contributed by atoms with van der Waals surface area (Å²) in [7, 11) is 2.80. The van der Waals surface area contributed by atoms with Gasteiger partial charge in [0.25, 0.3) is 5.82 Å². The number of benzene rings is 1. The Balaban J connectivity index is 1.62. The number of rotatable bonds is 7. The second kappa shape index (κ2) is 9.04. The Kier molecular flexibility index (Phi) is 5.84. The van der Waals surface area contributed by atoms with Crippen LogP contribution in [0.2, 0.25) is 0 Å². The van der Waals surface area contributed by atoms with Gasteiger partial charge in [0.2, 0.25) is 5.88 Å². The first-order valence-corrected chi connectivity index (χ1v) is 9.37. The van der Waals surface area contributed by atoms with Crippen molar-refractivity contribution >= 4 is 5.97 Å². The van der Waals surface area contributed by atoms with Crippen molar-refractivity contribution in [2.75, 3.05) is 14.2 Å².